The zero-order chi connectivity index (χ0) is 34.0. The van der Waals surface area contributed by atoms with Gasteiger partial charge in [-0.1, -0.05) is 58.7 Å². The van der Waals surface area contributed by atoms with Gasteiger partial charge in [-0.15, -0.1) is 12.4 Å². The van der Waals surface area contributed by atoms with Gasteiger partial charge in [0.2, 0.25) is 11.8 Å². The zero-order valence-corrected chi connectivity index (χ0v) is 28.1. The predicted molar refractivity (Wildman–Crippen MR) is 179 cm³/mol. The summed E-state index contributed by atoms with van der Waals surface area (Å²) >= 11 is 0. The third-order valence-corrected chi connectivity index (χ3v) is 7.37. The highest BCUT2D eigenvalue weighted by Crippen LogP contribution is 2.24. The summed E-state index contributed by atoms with van der Waals surface area (Å²) in [5.41, 5.74) is 7.57. The minimum Gasteiger partial charge on any atom is -0.459 e. The summed E-state index contributed by atoms with van der Waals surface area (Å²) in [6, 6.07) is 9.63. The second-order valence-electron chi connectivity index (χ2n) is 12.4. The van der Waals surface area contributed by atoms with Crippen LogP contribution < -0.4 is 16.4 Å². The van der Waals surface area contributed by atoms with Crippen molar-refractivity contribution in [3.8, 4) is 0 Å². The molecule has 3 aromatic rings. The van der Waals surface area contributed by atoms with Crippen molar-refractivity contribution in [2.75, 3.05) is 7.11 Å². The number of amides is 2. The summed E-state index contributed by atoms with van der Waals surface area (Å²) in [7, 11) is 1.26. The van der Waals surface area contributed by atoms with Crippen molar-refractivity contribution in [1.82, 2.24) is 15.2 Å². The predicted octanol–water partition coefficient (Wildman–Crippen LogP) is 4.80. The summed E-state index contributed by atoms with van der Waals surface area (Å²) < 4.78 is 11.7. The normalized spacial score (nSPS) is 13.1. The molecule has 14 heteroatoms. The van der Waals surface area contributed by atoms with Crippen molar-refractivity contribution < 1.29 is 33.6 Å². The second kappa shape index (κ2) is 17.4. The van der Waals surface area contributed by atoms with Gasteiger partial charge in [0.1, 0.15) is 18.7 Å². The van der Waals surface area contributed by atoms with Crippen LogP contribution in [0.1, 0.15) is 64.5 Å². The van der Waals surface area contributed by atoms with Crippen LogP contribution in [-0.2, 0) is 36.9 Å². The van der Waals surface area contributed by atoms with Crippen molar-refractivity contribution in [2.45, 2.75) is 84.5 Å². The van der Waals surface area contributed by atoms with Gasteiger partial charge >= 0.3 is 12.1 Å². The number of carbonyl (C=O) groups excluding carboxylic acids is 4. The van der Waals surface area contributed by atoms with E-state index in [4.69, 9.17) is 15.2 Å². The van der Waals surface area contributed by atoms with Crippen LogP contribution >= 0.6 is 12.4 Å². The lowest BCUT2D eigenvalue weighted by Gasteiger charge is -2.26. The number of esters is 1. The first-order valence-corrected chi connectivity index (χ1v) is 15.2. The lowest BCUT2D eigenvalue weighted by Crippen LogP contribution is -2.55. The van der Waals surface area contributed by atoms with Gasteiger partial charge in [-0.2, -0.15) is 0 Å². The molecule has 3 rings (SSSR count). The molecule has 0 aliphatic carbocycles. The molecule has 0 aliphatic rings. The lowest BCUT2D eigenvalue weighted by molar-refractivity contribution is -0.384. The molecule has 0 unspecified atom stereocenters. The van der Waals surface area contributed by atoms with E-state index >= 15 is 0 Å². The largest absolute Gasteiger partial charge is 0.459 e. The number of nitro benzene ring substituents is 1. The molecule has 2 amide bonds. The molecule has 0 fully saturated rings. The van der Waals surface area contributed by atoms with Crippen molar-refractivity contribution in [1.29, 1.82) is 0 Å². The molecule has 0 bridgehead atoms. The smallest absolute Gasteiger partial charge is 0.418 e. The molecule has 1 heterocycles. The zero-order valence-electron chi connectivity index (χ0n) is 27.3. The SMILES string of the molecule is CCCC[C@@H](NC(=O)[C@@H](Cc1cn(C(=O)OC)c2ccccc12)NC(=O)[C@@H](N)CC(C)(C)C)C(=O)OCc1ccc([N+](=O)[O-])cc1.Cl. The molecule has 4 N–H and O–H groups in total. The third kappa shape index (κ3) is 11.1. The monoisotopic (exact) mass is 673 g/mol. The summed E-state index contributed by atoms with van der Waals surface area (Å²) in [6.07, 6.45) is 2.94. The maximum Gasteiger partial charge on any atom is 0.418 e. The number of halogens is 1. The lowest BCUT2D eigenvalue weighted by atomic mass is 9.88. The number of hydrogen-bond acceptors (Lipinski definition) is 9. The van der Waals surface area contributed by atoms with Crippen LogP contribution in [-0.4, -0.2) is 58.6 Å². The minimum atomic E-state index is -1.15. The van der Waals surface area contributed by atoms with Crippen LogP contribution in [0.25, 0.3) is 10.9 Å². The highest BCUT2D eigenvalue weighted by molar-refractivity contribution is 5.95. The number of fused-ring (bicyclic) bond motifs is 1. The summed E-state index contributed by atoms with van der Waals surface area (Å²) in [5, 5.41) is 17.2. The van der Waals surface area contributed by atoms with Crippen LogP contribution in [0, 0.1) is 15.5 Å². The van der Waals surface area contributed by atoms with Crippen LogP contribution in [0.3, 0.4) is 0 Å². The Bertz CT molecular complexity index is 1550. The van der Waals surface area contributed by atoms with Crippen LogP contribution in [0.5, 0.6) is 0 Å². The van der Waals surface area contributed by atoms with E-state index in [0.29, 0.717) is 34.9 Å². The quantitative estimate of drug-likeness (QED) is 0.123. The maximum atomic E-state index is 13.8. The number of carbonyl (C=O) groups is 4. The standard InChI is InChI=1S/C33H43N5O8.ClH/c1-6-7-11-26(31(41)46-20-21-13-15-23(16-14-21)38(43)44)35-30(40)27(36-29(39)25(34)18-33(2,3)4)17-22-19-37(32(42)45-5)28-12-9-8-10-24(22)28;/h8-10,12-16,19,25-27H,6-7,11,17-18,20,34H2,1-5H3,(H,35,40)(H,36,39);1H/t25-,26+,27+;/m0./s1. The van der Waals surface area contributed by atoms with Crippen LogP contribution in [0.15, 0.2) is 54.7 Å². The Balaban J connectivity index is 0.00000768. The number of unbranched alkanes of at least 4 members (excludes halogenated alkanes) is 1. The van der Waals surface area contributed by atoms with Crippen molar-refractivity contribution in [3.05, 3.63) is 76.0 Å². The fourth-order valence-electron chi connectivity index (χ4n) is 5.02. The molecule has 47 heavy (non-hydrogen) atoms. The Morgan fingerprint density at radius 2 is 1.64 bits per heavy atom. The Labute approximate surface area is 280 Å². The van der Waals surface area contributed by atoms with Crippen molar-refractivity contribution in [3.63, 3.8) is 0 Å². The Morgan fingerprint density at radius 1 is 1.00 bits per heavy atom. The maximum absolute atomic E-state index is 13.8. The average Bonchev–Trinajstić information content (AvgIpc) is 3.38. The van der Waals surface area contributed by atoms with Gasteiger partial charge in [0, 0.05) is 30.1 Å². The molecule has 0 saturated heterocycles. The van der Waals surface area contributed by atoms with Gasteiger partial charge in [0.05, 0.1) is 23.6 Å². The molecule has 0 spiro atoms. The molecule has 13 nitrogen and oxygen atoms in total. The topological polar surface area (TPSA) is 185 Å². The first kappa shape index (κ1) is 38.7. The number of aromatic nitrogens is 1. The molecule has 0 aliphatic heterocycles. The van der Waals surface area contributed by atoms with E-state index in [0.717, 1.165) is 6.42 Å². The van der Waals surface area contributed by atoms with E-state index in [9.17, 15) is 29.3 Å². The molecule has 3 atom stereocenters. The molecule has 1 aromatic heterocycles. The van der Waals surface area contributed by atoms with Crippen LogP contribution in [0.2, 0.25) is 0 Å². The number of nitrogens with zero attached hydrogens (tertiary/aromatic N) is 2. The number of non-ortho nitro benzene ring substituents is 1. The molecular weight excluding hydrogens is 630 g/mol. The average molecular weight is 674 g/mol. The minimum absolute atomic E-state index is 0. The number of ether oxygens (including phenoxy) is 2. The number of methoxy groups -OCH3 is 1. The van der Waals surface area contributed by atoms with Crippen molar-refractivity contribution in [2.24, 2.45) is 11.1 Å². The van der Waals surface area contributed by atoms with E-state index in [2.05, 4.69) is 10.6 Å². The number of rotatable bonds is 14. The number of nitrogens with one attached hydrogen (secondary N) is 2. The summed E-state index contributed by atoms with van der Waals surface area (Å²) in [4.78, 5) is 63.2. The molecule has 2 aromatic carbocycles. The number of benzene rings is 2. The van der Waals surface area contributed by atoms with Gasteiger partial charge < -0.3 is 25.8 Å². The highest BCUT2D eigenvalue weighted by atomic mass is 35.5. The van der Waals surface area contributed by atoms with E-state index in [-0.39, 0.29) is 43.0 Å². The van der Waals surface area contributed by atoms with Crippen LogP contribution in [0.4, 0.5) is 10.5 Å². The van der Waals surface area contributed by atoms with E-state index in [1.165, 1.54) is 35.9 Å². The Kier molecular flexibility index (Phi) is 14.4. The molecule has 0 saturated carbocycles. The molecular formula is C33H44ClN5O8. The number of hydrogen-bond donors (Lipinski definition) is 3. The highest BCUT2D eigenvalue weighted by Gasteiger charge is 2.31. The van der Waals surface area contributed by atoms with E-state index in [1.54, 1.807) is 30.5 Å². The third-order valence-electron chi connectivity index (χ3n) is 7.37. The first-order chi connectivity index (χ1) is 21.7. The van der Waals surface area contributed by atoms with E-state index < -0.39 is 46.9 Å². The van der Waals surface area contributed by atoms with Gasteiger partial charge in [0.25, 0.3) is 5.69 Å². The molecule has 0 radical (unpaired) electrons. The van der Waals surface area contributed by atoms with E-state index in [1.807, 2.05) is 27.7 Å². The number of para-hydroxylation sites is 1. The fourth-order valence-corrected chi connectivity index (χ4v) is 5.02. The summed E-state index contributed by atoms with van der Waals surface area (Å²) in [5.74, 6) is -1.84. The number of nitro groups is 1. The second-order valence-corrected chi connectivity index (χ2v) is 12.4. The summed E-state index contributed by atoms with van der Waals surface area (Å²) in [6.45, 7) is 7.65. The molecule has 256 valence electrons. The van der Waals surface area contributed by atoms with Crippen molar-refractivity contribution >= 4 is 52.9 Å². The first-order valence-electron chi connectivity index (χ1n) is 15.2. The van der Waals surface area contributed by atoms with Gasteiger partial charge in [0.15, 0.2) is 0 Å². The number of nitrogens with two attached hydrogens (primary N) is 1. The Hall–Kier alpha value is -4.49. The van der Waals surface area contributed by atoms with Gasteiger partial charge in [-0.05, 0) is 47.6 Å². The fraction of sp³-hybridized carbons (Fsp3) is 0.455. The van der Waals surface area contributed by atoms with Gasteiger partial charge in [-0.3, -0.25) is 24.3 Å². The van der Waals surface area contributed by atoms with Gasteiger partial charge in [-0.25, -0.2) is 9.59 Å². The Morgan fingerprint density at radius 3 is 2.23 bits per heavy atom.